The second-order valence-electron chi connectivity index (χ2n) is 26.3. The number of anilines is 2. The van der Waals surface area contributed by atoms with Gasteiger partial charge in [0.25, 0.3) is 0 Å². The van der Waals surface area contributed by atoms with Crippen LogP contribution in [0.2, 0.25) is 0 Å². The smallest absolute Gasteiger partial charge is 0.135 e. The van der Waals surface area contributed by atoms with Gasteiger partial charge >= 0.3 is 0 Å². The van der Waals surface area contributed by atoms with E-state index in [4.69, 9.17) is 9.72 Å². The number of fused-ring (bicyclic) bond motifs is 10. The van der Waals surface area contributed by atoms with Crippen LogP contribution in [0.15, 0.2) is 194 Å². The van der Waals surface area contributed by atoms with Crippen LogP contribution in [0, 0.1) is 18.8 Å². The number of ether oxygens (including phenoxy) is 1. The summed E-state index contributed by atoms with van der Waals surface area (Å²) in [4.78, 5) is 7.20. The van der Waals surface area contributed by atoms with E-state index in [1.54, 1.807) is 0 Å². The molecule has 0 radical (unpaired) electrons. The molecule has 82 heavy (non-hydrogen) atoms. The first kappa shape index (κ1) is 54.5. The van der Waals surface area contributed by atoms with Crippen molar-refractivity contribution in [3.05, 3.63) is 235 Å². The summed E-state index contributed by atoms with van der Waals surface area (Å²) >= 11 is 0. The van der Waals surface area contributed by atoms with E-state index in [-0.39, 0.29) is 42.7 Å². The van der Waals surface area contributed by atoms with Gasteiger partial charge in [0.2, 0.25) is 0 Å². The summed E-state index contributed by atoms with van der Waals surface area (Å²) < 4.78 is 11.5. The second-order valence-corrected chi connectivity index (χ2v) is 26.3. The van der Waals surface area contributed by atoms with E-state index in [0.717, 1.165) is 71.9 Å². The summed E-state index contributed by atoms with van der Waals surface area (Å²) in [5.41, 5.74) is 15.7. The standard InChI is InChI=1S/C76H69N4O.Pt/c1-73(2,3)51-32-30-48(31-33-51)49-40-50(42-54(41-49)76(10,11)12)58-25-18-26-64-61-36-34-52(74(4,5)6)43-66(61)60-23-14-13-22-59(60)65-27-19-29-68-72(65)79(71(58)64)47-78(68)55-20-17-21-56(45-55)81-57-35-37-63-62-24-15-16-28-67(62)80(69(63)46-57)70-44-53(38-39-77-70)75(7,8)9;/h13-44,47H,1-12H3;/q-3;. The minimum atomic E-state index is -0.120. The molecule has 0 atom stereocenters. The maximum absolute atomic E-state index is 6.85. The third kappa shape index (κ3) is 9.61. The molecule has 0 fully saturated rings. The van der Waals surface area contributed by atoms with Crippen LogP contribution >= 0.6 is 0 Å². The molecule has 0 amide bonds. The van der Waals surface area contributed by atoms with Crippen LogP contribution < -0.4 is 9.64 Å². The van der Waals surface area contributed by atoms with Crippen LogP contribution in [-0.4, -0.2) is 14.1 Å². The predicted octanol–water partition coefficient (Wildman–Crippen LogP) is 20.8. The quantitative estimate of drug-likeness (QED) is 0.156. The summed E-state index contributed by atoms with van der Waals surface area (Å²) in [7, 11) is 0. The van der Waals surface area contributed by atoms with Gasteiger partial charge in [-0.25, -0.2) is 4.98 Å². The SMILES string of the molecule is CC(C)(C)c1ccc(-c2cc(-c3cccc4c5ccc(C(C)(C)C)cc5c5ccccc5c5cccc6c5n(c34)[CH-]N6c3[c-]c(Oc4[c-]c5c(cc4)c4ccccc4n5-c4cc(C(C)(C)C)ccn4)ccc3)cc(C(C)(C)C)c2)cc1.[Pt]. The molecule has 0 saturated heterocycles. The number of nitrogens with zero attached hydrogens (tertiary/aromatic N) is 4. The number of benzene rings is 9. The van der Waals surface area contributed by atoms with Gasteiger partial charge in [0.15, 0.2) is 0 Å². The van der Waals surface area contributed by atoms with Crippen molar-refractivity contribution in [2.45, 2.75) is 105 Å². The van der Waals surface area contributed by atoms with Crippen molar-refractivity contribution in [3.63, 3.8) is 0 Å². The van der Waals surface area contributed by atoms with Crippen LogP contribution in [0.5, 0.6) is 11.5 Å². The topological polar surface area (TPSA) is 35.2 Å². The van der Waals surface area contributed by atoms with E-state index >= 15 is 0 Å². The summed E-state index contributed by atoms with van der Waals surface area (Å²) in [6.07, 6.45) is 1.91. The van der Waals surface area contributed by atoms with Crippen LogP contribution in [-0.2, 0) is 42.7 Å². The third-order valence-electron chi connectivity index (χ3n) is 16.5. The number of pyridine rings is 1. The average Bonchev–Trinajstić information content (AvgIpc) is 4.23. The fourth-order valence-electron chi connectivity index (χ4n) is 11.9. The fourth-order valence-corrected chi connectivity index (χ4v) is 11.9. The van der Waals surface area contributed by atoms with Gasteiger partial charge in [-0.1, -0.05) is 222 Å². The summed E-state index contributed by atoms with van der Waals surface area (Å²) in [5.74, 6) is 2.02. The number of hydrogen-bond donors (Lipinski definition) is 0. The fraction of sp³-hybridized carbons (Fsp3) is 0.211. The average molecular weight is 1250 g/mol. The molecular weight excluding hydrogens is 1180 g/mol. The van der Waals surface area contributed by atoms with E-state index in [1.807, 2.05) is 18.3 Å². The van der Waals surface area contributed by atoms with E-state index < -0.39 is 0 Å². The maximum atomic E-state index is 6.85. The number of rotatable bonds is 6. The van der Waals surface area contributed by atoms with Crippen molar-refractivity contribution in [2.75, 3.05) is 4.90 Å². The van der Waals surface area contributed by atoms with Crippen molar-refractivity contribution in [1.29, 1.82) is 0 Å². The Morgan fingerprint density at radius 2 is 0.988 bits per heavy atom. The first-order valence-corrected chi connectivity index (χ1v) is 28.5. The Balaban J connectivity index is 0.00000665. The molecule has 5 nitrogen and oxygen atoms in total. The molecule has 1 aliphatic rings. The zero-order valence-corrected chi connectivity index (χ0v) is 51.3. The first-order valence-electron chi connectivity index (χ1n) is 28.5. The molecule has 12 aromatic rings. The second kappa shape index (κ2) is 20.1. The molecule has 0 N–H and O–H groups in total. The number of aromatic nitrogens is 3. The normalized spacial score (nSPS) is 12.9. The van der Waals surface area contributed by atoms with Crippen LogP contribution in [0.1, 0.15) is 105 Å². The molecular formula is C76H69N4OPt-3. The van der Waals surface area contributed by atoms with Crippen molar-refractivity contribution >= 4 is 76.5 Å². The first-order chi connectivity index (χ1) is 38.7. The minimum Gasteiger partial charge on any atom is -0.509 e. The predicted molar refractivity (Wildman–Crippen MR) is 342 cm³/mol. The molecule has 0 spiro atoms. The van der Waals surface area contributed by atoms with Crippen molar-refractivity contribution < 1.29 is 25.8 Å². The Morgan fingerprint density at radius 1 is 0.415 bits per heavy atom. The van der Waals surface area contributed by atoms with Crippen molar-refractivity contribution in [1.82, 2.24) is 14.1 Å². The summed E-state index contributed by atoms with van der Waals surface area (Å²) in [5, 5.41) is 9.30. The Bertz CT molecular complexity index is 4570. The van der Waals surface area contributed by atoms with Crippen LogP contribution in [0.4, 0.5) is 11.4 Å². The van der Waals surface area contributed by atoms with E-state index in [1.165, 1.54) is 54.9 Å². The molecule has 13 rings (SSSR count). The maximum Gasteiger partial charge on any atom is 0.135 e. The van der Waals surface area contributed by atoms with E-state index in [2.05, 4.69) is 292 Å². The van der Waals surface area contributed by atoms with Gasteiger partial charge in [-0.15, -0.1) is 35.7 Å². The summed E-state index contributed by atoms with van der Waals surface area (Å²) in [6.45, 7) is 29.7. The largest absolute Gasteiger partial charge is 0.509 e. The number of hydrogen-bond acceptors (Lipinski definition) is 3. The monoisotopic (exact) mass is 1250 g/mol. The molecule has 1 aliphatic heterocycles. The van der Waals surface area contributed by atoms with Crippen molar-refractivity contribution in [2.24, 2.45) is 0 Å². The van der Waals surface area contributed by atoms with Gasteiger partial charge in [0.1, 0.15) is 5.82 Å². The Labute approximate surface area is 497 Å². The van der Waals surface area contributed by atoms with Crippen LogP contribution in [0.25, 0.3) is 93.2 Å². The van der Waals surface area contributed by atoms with Gasteiger partial charge in [0.05, 0.1) is 0 Å². The Hall–Kier alpha value is -8.11. The van der Waals surface area contributed by atoms with Gasteiger partial charge in [-0.05, 0) is 152 Å². The molecule has 0 bridgehead atoms. The molecule has 0 unspecified atom stereocenters. The van der Waals surface area contributed by atoms with Gasteiger partial charge < -0.3 is 18.8 Å². The zero-order valence-electron chi connectivity index (χ0n) is 49.1. The van der Waals surface area contributed by atoms with E-state index in [9.17, 15) is 0 Å². The van der Waals surface area contributed by atoms with Gasteiger partial charge in [-0.2, -0.15) is 12.1 Å². The molecule has 3 aromatic heterocycles. The third-order valence-corrected chi connectivity index (χ3v) is 16.5. The zero-order chi connectivity index (χ0) is 56.3. The van der Waals surface area contributed by atoms with Crippen LogP contribution in [0.3, 0.4) is 0 Å². The number of para-hydroxylation sites is 3. The van der Waals surface area contributed by atoms with Crippen molar-refractivity contribution in [3.8, 4) is 39.6 Å². The van der Waals surface area contributed by atoms with E-state index in [0.29, 0.717) is 11.5 Å². The van der Waals surface area contributed by atoms with Gasteiger partial charge in [-0.3, -0.25) is 0 Å². The molecule has 0 aliphatic carbocycles. The summed E-state index contributed by atoms with van der Waals surface area (Å²) in [6, 6.07) is 76.8. The van der Waals surface area contributed by atoms with Gasteiger partial charge in [0, 0.05) is 50.0 Å². The molecule has 0 saturated carbocycles. The molecule has 9 aromatic carbocycles. The molecule has 412 valence electrons. The molecule has 4 heterocycles. The molecule has 6 heteroatoms. The Morgan fingerprint density at radius 3 is 1.71 bits per heavy atom. The Kier molecular flexibility index (Phi) is 13.4. The minimum absolute atomic E-state index is 0.